The minimum absolute atomic E-state index is 0.105. The smallest absolute Gasteiger partial charge is 0.351 e. The lowest BCUT2D eigenvalue weighted by Crippen LogP contribution is -2.25. The van der Waals surface area contributed by atoms with Crippen LogP contribution in [-0.4, -0.2) is 22.6 Å². The van der Waals surface area contributed by atoms with Crippen LogP contribution in [0.4, 0.5) is 24.7 Å². The van der Waals surface area contributed by atoms with E-state index in [-0.39, 0.29) is 23.1 Å². The predicted molar refractivity (Wildman–Crippen MR) is 79.4 cm³/mol. The molecule has 0 fully saturated rings. The topological polar surface area (TPSA) is 66.9 Å². The number of rotatable bonds is 5. The maximum atomic E-state index is 12.9. The van der Waals surface area contributed by atoms with Crippen molar-refractivity contribution in [2.24, 2.45) is 0 Å². The number of hydrogen-bond donors (Lipinski definition) is 2. The minimum atomic E-state index is -4.48. The summed E-state index contributed by atoms with van der Waals surface area (Å²) in [6.45, 7) is 2.43. The lowest BCUT2D eigenvalue weighted by molar-refractivity contribution is -0.136. The van der Waals surface area contributed by atoms with Crippen LogP contribution in [0.3, 0.4) is 0 Å². The molecule has 2 aromatic rings. The van der Waals surface area contributed by atoms with Gasteiger partial charge in [-0.3, -0.25) is 4.79 Å². The number of nitrogens with one attached hydrogen (secondary N) is 2. The minimum Gasteiger partial charge on any atom is -0.351 e. The Bertz CT molecular complexity index is 671. The van der Waals surface area contributed by atoms with Crippen molar-refractivity contribution < 1.29 is 18.0 Å². The molecule has 0 saturated carbocycles. The van der Waals surface area contributed by atoms with Crippen LogP contribution in [0, 0.1) is 0 Å². The Labute approximate surface area is 130 Å². The second kappa shape index (κ2) is 7.08. The number of anilines is 2. The first-order chi connectivity index (χ1) is 10.9. The number of alkyl halides is 3. The highest BCUT2D eigenvalue weighted by molar-refractivity contribution is 5.92. The number of carbonyl (C=O) groups excluding carboxylic acids is 1. The summed E-state index contributed by atoms with van der Waals surface area (Å²) in [5.74, 6) is -0.254. The molecule has 2 rings (SSSR count). The number of halogens is 3. The van der Waals surface area contributed by atoms with E-state index in [0.29, 0.717) is 6.54 Å². The van der Waals surface area contributed by atoms with Crippen LogP contribution < -0.4 is 10.6 Å². The Morgan fingerprint density at radius 2 is 1.87 bits per heavy atom. The monoisotopic (exact) mass is 324 g/mol. The zero-order chi connectivity index (χ0) is 16.9. The Kier molecular flexibility index (Phi) is 5.15. The summed E-state index contributed by atoms with van der Waals surface area (Å²) in [6, 6.07) is 7.87. The fourth-order valence-electron chi connectivity index (χ4n) is 1.83. The van der Waals surface area contributed by atoms with Crippen molar-refractivity contribution in [2.45, 2.75) is 19.5 Å². The van der Waals surface area contributed by atoms with Crippen LogP contribution in [0.25, 0.3) is 0 Å². The van der Waals surface area contributed by atoms with Gasteiger partial charge in [-0.2, -0.15) is 13.2 Å². The van der Waals surface area contributed by atoms with E-state index in [4.69, 9.17) is 0 Å². The number of nitrogens with zero attached hydrogens (tertiary/aromatic N) is 2. The van der Waals surface area contributed by atoms with Crippen molar-refractivity contribution in [2.75, 3.05) is 11.9 Å². The molecule has 122 valence electrons. The summed E-state index contributed by atoms with van der Waals surface area (Å²) in [6.07, 6.45) is -3.69. The fourth-order valence-corrected chi connectivity index (χ4v) is 1.83. The van der Waals surface area contributed by atoms with Gasteiger partial charge >= 0.3 is 6.18 Å². The zero-order valence-electron chi connectivity index (χ0n) is 12.3. The molecule has 0 aliphatic rings. The number of amides is 1. The van der Waals surface area contributed by atoms with Crippen LogP contribution in [0.1, 0.15) is 29.4 Å². The molecular formula is C15H15F3N4O. The van der Waals surface area contributed by atoms with Crippen LogP contribution in [0.2, 0.25) is 0 Å². The Morgan fingerprint density at radius 3 is 2.48 bits per heavy atom. The molecule has 0 radical (unpaired) electrons. The van der Waals surface area contributed by atoms with E-state index < -0.39 is 11.7 Å². The Morgan fingerprint density at radius 1 is 1.13 bits per heavy atom. The molecule has 0 unspecified atom stereocenters. The first-order valence-corrected chi connectivity index (χ1v) is 6.97. The molecule has 23 heavy (non-hydrogen) atoms. The van der Waals surface area contributed by atoms with E-state index >= 15 is 0 Å². The van der Waals surface area contributed by atoms with Gasteiger partial charge in [0, 0.05) is 6.54 Å². The average Bonchev–Trinajstić information content (AvgIpc) is 2.53. The van der Waals surface area contributed by atoms with Gasteiger partial charge < -0.3 is 10.6 Å². The number of aromatic nitrogens is 2. The van der Waals surface area contributed by atoms with Crippen molar-refractivity contribution in [1.82, 2.24) is 15.5 Å². The standard InChI is InChI=1S/C15H15F3N4O/c1-2-9-19-14(23)12-7-8-13(22-21-12)20-11-6-4-3-5-10(11)15(16,17)18/h3-8H,2,9H2,1H3,(H,19,23)(H,20,22). The quantitative estimate of drug-likeness (QED) is 0.885. The highest BCUT2D eigenvalue weighted by Gasteiger charge is 2.33. The molecule has 0 atom stereocenters. The lowest BCUT2D eigenvalue weighted by Gasteiger charge is -2.13. The molecule has 0 bridgehead atoms. The number of benzene rings is 1. The van der Waals surface area contributed by atoms with Crippen molar-refractivity contribution in [3.8, 4) is 0 Å². The molecule has 0 aliphatic carbocycles. The number of para-hydroxylation sites is 1. The highest BCUT2D eigenvalue weighted by atomic mass is 19.4. The molecule has 2 N–H and O–H groups in total. The van der Waals surface area contributed by atoms with Crippen LogP contribution in [-0.2, 0) is 6.18 Å². The Hall–Kier alpha value is -2.64. The molecule has 5 nitrogen and oxygen atoms in total. The van der Waals surface area contributed by atoms with Gasteiger partial charge in [0.1, 0.15) is 0 Å². The first kappa shape index (κ1) is 16.7. The molecule has 0 aliphatic heterocycles. The van der Waals surface area contributed by atoms with Gasteiger partial charge in [-0.05, 0) is 30.7 Å². The summed E-state index contributed by atoms with van der Waals surface area (Å²) < 4.78 is 38.7. The van der Waals surface area contributed by atoms with Gasteiger partial charge in [-0.1, -0.05) is 19.1 Å². The second-order valence-corrected chi connectivity index (χ2v) is 4.73. The van der Waals surface area contributed by atoms with Crippen LogP contribution in [0.15, 0.2) is 36.4 Å². The van der Waals surface area contributed by atoms with E-state index in [1.165, 1.54) is 30.3 Å². The largest absolute Gasteiger partial charge is 0.418 e. The first-order valence-electron chi connectivity index (χ1n) is 6.97. The molecule has 1 aromatic carbocycles. The third-order valence-electron chi connectivity index (χ3n) is 2.93. The van der Waals surface area contributed by atoms with Gasteiger partial charge in [0.15, 0.2) is 11.5 Å². The van der Waals surface area contributed by atoms with Gasteiger partial charge in [0.2, 0.25) is 0 Å². The van der Waals surface area contributed by atoms with Gasteiger partial charge in [0.05, 0.1) is 11.3 Å². The van der Waals surface area contributed by atoms with E-state index in [0.717, 1.165) is 12.5 Å². The van der Waals surface area contributed by atoms with Crippen LogP contribution in [0.5, 0.6) is 0 Å². The molecule has 0 spiro atoms. The normalized spacial score (nSPS) is 11.1. The maximum Gasteiger partial charge on any atom is 0.418 e. The zero-order valence-corrected chi connectivity index (χ0v) is 12.3. The second-order valence-electron chi connectivity index (χ2n) is 4.73. The van der Waals surface area contributed by atoms with Crippen molar-refractivity contribution >= 4 is 17.4 Å². The molecule has 1 amide bonds. The molecule has 1 heterocycles. The van der Waals surface area contributed by atoms with E-state index in [1.54, 1.807) is 0 Å². The van der Waals surface area contributed by atoms with Gasteiger partial charge in [0.25, 0.3) is 5.91 Å². The summed E-state index contributed by atoms with van der Waals surface area (Å²) in [5, 5.41) is 12.6. The van der Waals surface area contributed by atoms with Crippen molar-refractivity contribution in [3.63, 3.8) is 0 Å². The molecule has 1 aromatic heterocycles. The third-order valence-corrected chi connectivity index (χ3v) is 2.93. The summed E-state index contributed by atoms with van der Waals surface area (Å²) >= 11 is 0. The van der Waals surface area contributed by atoms with Crippen molar-refractivity contribution in [3.05, 3.63) is 47.7 Å². The predicted octanol–water partition coefficient (Wildman–Crippen LogP) is 3.38. The lowest BCUT2D eigenvalue weighted by atomic mass is 10.1. The van der Waals surface area contributed by atoms with Gasteiger partial charge in [-0.25, -0.2) is 0 Å². The maximum absolute atomic E-state index is 12.9. The molecular weight excluding hydrogens is 309 g/mol. The summed E-state index contributed by atoms with van der Waals surface area (Å²) in [4.78, 5) is 11.7. The van der Waals surface area contributed by atoms with E-state index in [1.807, 2.05) is 6.92 Å². The number of hydrogen-bond acceptors (Lipinski definition) is 4. The molecule has 0 saturated heterocycles. The third kappa shape index (κ3) is 4.41. The molecule has 8 heteroatoms. The van der Waals surface area contributed by atoms with E-state index in [2.05, 4.69) is 20.8 Å². The van der Waals surface area contributed by atoms with E-state index in [9.17, 15) is 18.0 Å². The SMILES string of the molecule is CCCNC(=O)c1ccc(Nc2ccccc2C(F)(F)F)nn1. The fraction of sp³-hybridized carbons (Fsp3) is 0.267. The Balaban J connectivity index is 2.15. The summed E-state index contributed by atoms with van der Waals surface area (Å²) in [5.41, 5.74) is -0.822. The average molecular weight is 324 g/mol. The highest BCUT2D eigenvalue weighted by Crippen LogP contribution is 2.35. The summed E-state index contributed by atoms with van der Waals surface area (Å²) in [7, 11) is 0. The van der Waals surface area contributed by atoms with Gasteiger partial charge in [-0.15, -0.1) is 10.2 Å². The van der Waals surface area contributed by atoms with Crippen molar-refractivity contribution in [1.29, 1.82) is 0 Å². The number of carbonyl (C=O) groups is 1. The van der Waals surface area contributed by atoms with Crippen LogP contribution >= 0.6 is 0 Å².